The minimum atomic E-state index is -3.79. The Kier molecular flexibility index (Phi) is 4.04. The van der Waals surface area contributed by atoms with Crippen molar-refractivity contribution in [2.24, 2.45) is 5.92 Å². The molecule has 120 valence electrons. The molecule has 0 spiro atoms. The SMILES string of the molecule is C[C@H]1CN(S(=O)(=O)c2ccc(Cl)cc2)c2ccccc2NC1=O. The Labute approximate surface area is 139 Å². The highest BCUT2D eigenvalue weighted by Gasteiger charge is 2.33. The molecule has 1 aliphatic rings. The van der Waals surface area contributed by atoms with E-state index in [9.17, 15) is 13.2 Å². The second kappa shape index (κ2) is 5.86. The van der Waals surface area contributed by atoms with Crippen molar-refractivity contribution in [2.75, 3.05) is 16.2 Å². The van der Waals surface area contributed by atoms with Crippen LogP contribution in [-0.4, -0.2) is 20.9 Å². The van der Waals surface area contributed by atoms with Gasteiger partial charge >= 0.3 is 0 Å². The van der Waals surface area contributed by atoms with Gasteiger partial charge in [0.1, 0.15) is 0 Å². The van der Waals surface area contributed by atoms with E-state index in [-0.39, 0.29) is 17.3 Å². The minimum absolute atomic E-state index is 0.0772. The van der Waals surface area contributed by atoms with E-state index in [4.69, 9.17) is 11.6 Å². The van der Waals surface area contributed by atoms with Crippen LogP contribution in [0.4, 0.5) is 11.4 Å². The number of hydrogen-bond donors (Lipinski definition) is 1. The number of benzene rings is 2. The molecule has 0 fully saturated rings. The number of fused-ring (bicyclic) bond motifs is 1. The van der Waals surface area contributed by atoms with Crippen molar-refractivity contribution in [3.63, 3.8) is 0 Å². The Morgan fingerprint density at radius 3 is 2.48 bits per heavy atom. The van der Waals surface area contributed by atoms with Crippen molar-refractivity contribution in [1.82, 2.24) is 0 Å². The minimum Gasteiger partial charge on any atom is -0.324 e. The predicted molar refractivity (Wildman–Crippen MR) is 90.2 cm³/mol. The van der Waals surface area contributed by atoms with E-state index in [1.807, 2.05) is 0 Å². The smallest absolute Gasteiger partial charge is 0.264 e. The summed E-state index contributed by atoms with van der Waals surface area (Å²) in [5.74, 6) is -0.671. The molecule has 1 amide bonds. The van der Waals surface area contributed by atoms with Gasteiger partial charge in [-0.25, -0.2) is 8.42 Å². The van der Waals surface area contributed by atoms with Crippen molar-refractivity contribution < 1.29 is 13.2 Å². The third-order valence-corrected chi connectivity index (χ3v) is 5.77. The van der Waals surface area contributed by atoms with E-state index in [2.05, 4.69) is 5.32 Å². The molecule has 0 saturated heterocycles. The van der Waals surface area contributed by atoms with Crippen LogP contribution in [0, 0.1) is 5.92 Å². The molecule has 5 nitrogen and oxygen atoms in total. The highest BCUT2D eigenvalue weighted by molar-refractivity contribution is 7.92. The molecule has 0 bridgehead atoms. The van der Waals surface area contributed by atoms with Crippen molar-refractivity contribution in [2.45, 2.75) is 11.8 Å². The van der Waals surface area contributed by atoms with Crippen LogP contribution in [0.2, 0.25) is 5.02 Å². The zero-order chi connectivity index (χ0) is 16.6. The second-order valence-corrected chi connectivity index (χ2v) is 7.70. The summed E-state index contributed by atoms with van der Waals surface area (Å²) in [6, 6.07) is 12.9. The summed E-state index contributed by atoms with van der Waals surface area (Å²) in [7, 11) is -3.79. The Morgan fingerprint density at radius 2 is 1.78 bits per heavy atom. The fraction of sp³-hybridized carbons (Fsp3) is 0.188. The average molecular weight is 351 g/mol. The van der Waals surface area contributed by atoms with Gasteiger partial charge in [0.25, 0.3) is 10.0 Å². The van der Waals surface area contributed by atoms with Gasteiger partial charge in [-0.2, -0.15) is 0 Å². The molecule has 1 aliphatic heterocycles. The van der Waals surface area contributed by atoms with Gasteiger partial charge < -0.3 is 5.32 Å². The van der Waals surface area contributed by atoms with Gasteiger partial charge in [0.15, 0.2) is 0 Å². The van der Waals surface area contributed by atoms with Gasteiger partial charge in [-0.15, -0.1) is 0 Å². The molecule has 2 aromatic rings. The number of nitrogens with zero attached hydrogens (tertiary/aromatic N) is 1. The van der Waals surface area contributed by atoms with Gasteiger partial charge in [0, 0.05) is 11.6 Å². The van der Waals surface area contributed by atoms with Crippen LogP contribution in [0.25, 0.3) is 0 Å². The molecule has 3 rings (SSSR count). The molecule has 1 N–H and O–H groups in total. The molecule has 23 heavy (non-hydrogen) atoms. The lowest BCUT2D eigenvalue weighted by molar-refractivity contribution is -0.119. The second-order valence-electron chi connectivity index (χ2n) is 5.40. The largest absolute Gasteiger partial charge is 0.324 e. The number of nitrogens with one attached hydrogen (secondary N) is 1. The van der Waals surface area contributed by atoms with Crippen LogP contribution in [0.3, 0.4) is 0 Å². The van der Waals surface area contributed by atoms with E-state index < -0.39 is 15.9 Å². The summed E-state index contributed by atoms with van der Waals surface area (Å²) in [5.41, 5.74) is 0.944. The van der Waals surface area contributed by atoms with E-state index >= 15 is 0 Å². The number of anilines is 2. The number of amides is 1. The number of carbonyl (C=O) groups excluding carboxylic acids is 1. The number of sulfonamides is 1. The first-order chi connectivity index (χ1) is 10.9. The Hall–Kier alpha value is -2.05. The summed E-state index contributed by atoms with van der Waals surface area (Å²) in [5, 5.41) is 3.23. The standard InChI is InChI=1S/C16H15ClN2O3S/c1-11-10-19(15-5-3-2-4-14(15)18-16(11)20)23(21,22)13-8-6-12(17)7-9-13/h2-9,11H,10H2,1H3,(H,18,20)/t11-/m0/s1. The predicted octanol–water partition coefficient (Wildman–Crippen LogP) is 3.12. The summed E-state index contributed by atoms with van der Waals surface area (Å²) < 4.78 is 27.3. The third-order valence-electron chi connectivity index (χ3n) is 3.72. The summed E-state index contributed by atoms with van der Waals surface area (Å²) >= 11 is 5.83. The lowest BCUT2D eigenvalue weighted by Gasteiger charge is -2.25. The van der Waals surface area contributed by atoms with Crippen LogP contribution < -0.4 is 9.62 Å². The highest BCUT2D eigenvalue weighted by atomic mass is 35.5. The normalized spacial score (nSPS) is 18.1. The quantitative estimate of drug-likeness (QED) is 0.904. The van der Waals surface area contributed by atoms with Gasteiger partial charge in [-0.05, 0) is 36.4 Å². The zero-order valence-electron chi connectivity index (χ0n) is 12.4. The van der Waals surface area contributed by atoms with Crippen molar-refractivity contribution in [3.8, 4) is 0 Å². The van der Waals surface area contributed by atoms with Crippen LogP contribution in [-0.2, 0) is 14.8 Å². The van der Waals surface area contributed by atoms with Crippen molar-refractivity contribution >= 4 is 38.9 Å². The number of hydrogen-bond acceptors (Lipinski definition) is 3. The molecule has 0 saturated carbocycles. The Morgan fingerprint density at radius 1 is 1.13 bits per heavy atom. The maximum Gasteiger partial charge on any atom is 0.264 e. The van der Waals surface area contributed by atoms with Crippen molar-refractivity contribution in [1.29, 1.82) is 0 Å². The molecule has 1 heterocycles. The van der Waals surface area contributed by atoms with E-state index in [1.165, 1.54) is 28.6 Å². The molecule has 0 unspecified atom stereocenters. The summed E-state index contributed by atoms with van der Waals surface area (Å²) in [6.07, 6.45) is 0. The maximum atomic E-state index is 13.0. The molecule has 2 aromatic carbocycles. The van der Waals surface area contributed by atoms with Gasteiger partial charge in [-0.3, -0.25) is 9.10 Å². The first kappa shape index (κ1) is 15.8. The first-order valence-corrected chi connectivity index (χ1v) is 8.89. The van der Waals surface area contributed by atoms with Gasteiger partial charge in [0.05, 0.1) is 22.2 Å². The topological polar surface area (TPSA) is 66.5 Å². The molecular formula is C16H15ClN2O3S. The van der Waals surface area contributed by atoms with E-state index in [1.54, 1.807) is 31.2 Å². The molecular weight excluding hydrogens is 336 g/mol. The lowest BCUT2D eigenvalue weighted by atomic mass is 10.2. The van der Waals surface area contributed by atoms with Crippen LogP contribution in [0.1, 0.15) is 6.92 Å². The molecule has 0 radical (unpaired) electrons. The summed E-state index contributed by atoms with van der Waals surface area (Å²) in [6.45, 7) is 1.78. The third kappa shape index (κ3) is 2.92. The fourth-order valence-electron chi connectivity index (χ4n) is 2.44. The number of para-hydroxylation sites is 2. The summed E-state index contributed by atoms with van der Waals surface area (Å²) in [4.78, 5) is 12.2. The Balaban J connectivity index is 2.13. The van der Waals surface area contributed by atoms with Crippen LogP contribution >= 0.6 is 11.6 Å². The van der Waals surface area contributed by atoms with Gasteiger partial charge in [-0.1, -0.05) is 30.7 Å². The molecule has 1 atom stereocenters. The zero-order valence-corrected chi connectivity index (χ0v) is 13.9. The van der Waals surface area contributed by atoms with Crippen LogP contribution in [0.15, 0.2) is 53.4 Å². The lowest BCUT2D eigenvalue weighted by Crippen LogP contribution is -2.35. The van der Waals surface area contributed by atoms with E-state index in [0.29, 0.717) is 16.4 Å². The molecule has 0 aromatic heterocycles. The van der Waals surface area contributed by atoms with E-state index in [0.717, 1.165) is 0 Å². The first-order valence-electron chi connectivity index (χ1n) is 7.08. The number of halogens is 1. The van der Waals surface area contributed by atoms with Crippen molar-refractivity contribution in [3.05, 3.63) is 53.6 Å². The number of carbonyl (C=O) groups is 1. The Bertz CT molecular complexity index is 850. The van der Waals surface area contributed by atoms with Gasteiger partial charge in [0.2, 0.25) is 5.91 Å². The monoisotopic (exact) mass is 350 g/mol. The highest BCUT2D eigenvalue weighted by Crippen LogP contribution is 2.34. The number of rotatable bonds is 2. The average Bonchev–Trinajstić information content (AvgIpc) is 2.65. The molecule has 7 heteroatoms. The maximum absolute atomic E-state index is 13.0. The molecule has 0 aliphatic carbocycles. The van der Waals surface area contributed by atoms with Crippen LogP contribution in [0.5, 0.6) is 0 Å². The fourth-order valence-corrected chi connectivity index (χ4v) is 4.14.